The van der Waals surface area contributed by atoms with E-state index in [2.05, 4.69) is 10.6 Å². The summed E-state index contributed by atoms with van der Waals surface area (Å²) in [5.74, 6) is -0.0792. The maximum Gasteiger partial charge on any atom is 0.315 e. The molecule has 1 aromatic rings. The second-order valence-corrected chi connectivity index (χ2v) is 8.07. The molecule has 0 saturated carbocycles. The van der Waals surface area contributed by atoms with E-state index in [0.29, 0.717) is 25.9 Å². The van der Waals surface area contributed by atoms with Crippen LogP contribution in [0.25, 0.3) is 5.57 Å². The lowest BCUT2D eigenvalue weighted by Crippen LogP contribution is -2.55. The van der Waals surface area contributed by atoms with Crippen LogP contribution >= 0.6 is 0 Å². The van der Waals surface area contributed by atoms with Crippen LogP contribution in [0.5, 0.6) is 0 Å². The molecule has 8 heteroatoms. The van der Waals surface area contributed by atoms with Crippen molar-refractivity contribution in [3.8, 4) is 0 Å². The fourth-order valence-electron chi connectivity index (χ4n) is 3.72. The largest absolute Gasteiger partial charge is 0.372 e. The van der Waals surface area contributed by atoms with Gasteiger partial charge in [-0.15, -0.1) is 0 Å². The molecule has 3 rings (SSSR count). The van der Waals surface area contributed by atoms with Crippen molar-refractivity contribution < 1.29 is 19.1 Å². The topological polar surface area (TPSA) is 91.0 Å². The summed E-state index contributed by atoms with van der Waals surface area (Å²) < 4.78 is 5.71. The number of carbonyl (C=O) groups excluding carboxylic acids is 3. The highest BCUT2D eigenvalue weighted by Gasteiger charge is 2.32. The number of nitrogens with one attached hydrogen (secondary N) is 2. The van der Waals surface area contributed by atoms with E-state index in [-0.39, 0.29) is 24.0 Å². The Balaban J connectivity index is 1.65. The molecule has 0 aromatic heterocycles. The quantitative estimate of drug-likeness (QED) is 0.736. The zero-order valence-electron chi connectivity index (χ0n) is 18.0. The maximum atomic E-state index is 12.6. The Morgan fingerprint density at radius 1 is 1.27 bits per heavy atom. The molecule has 30 heavy (non-hydrogen) atoms. The second kappa shape index (κ2) is 9.30. The minimum atomic E-state index is -0.626. The summed E-state index contributed by atoms with van der Waals surface area (Å²) in [5, 5.41) is 5.16. The first-order chi connectivity index (χ1) is 14.3. The molecule has 0 spiro atoms. The van der Waals surface area contributed by atoms with E-state index < -0.39 is 12.1 Å². The molecule has 0 bridgehead atoms. The highest BCUT2D eigenvalue weighted by atomic mass is 16.5. The normalized spacial score (nSPS) is 19.4. The van der Waals surface area contributed by atoms with Gasteiger partial charge in [0.15, 0.2) is 0 Å². The third-order valence-corrected chi connectivity index (χ3v) is 5.27. The Morgan fingerprint density at radius 3 is 2.67 bits per heavy atom. The van der Waals surface area contributed by atoms with Crippen molar-refractivity contribution in [2.75, 3.05) is 27.2 Å². The van der Waals surface area contributed by atoms with Gasteiger partial charge < -0.3 is 25.2 Å². The molecule has 1 unspecified atom stereocenters. The van der Waals surface area contributed by atoms with Gasteiger partial charge in [0, 0.05) is 39.8 Å². The molecular weight excluding hydrogens is 384 g/mol. The summed E-state index contributed by atoms with van der Waals surface area (Å²) in [6.07, 6.45) is 2.80. The van der Waals surface area contributed by atoms with Crippen LogP contribution in [0, 0.1) is 0 Å². The van der Waals surface area contributed by atoms with Gasteiger partial charge in [-0.25, -0.2) is 4.79 Å². The van der Waals surface area contributed by atoms with Crippen LogP contribution in [-0.2, 0) is 20.7 Å². The number of likely N-dealkylation sites (N-methyl/N-ethyl adjacent to an activating group) is 1. The van der Waals surface area contributed by atoms with Crippen LogP contribution in [0.2, 0.25) is 0 Å². The van der Waals surface area contributed by atoms with Gasteiger partial charge in [-0.1, -0.05) is 24.3 Å². The van der Waals surface area contributed by atoms with Crippen molar-refractivity contribution in [2.45, 2.75) is 44.9 Å². The first-order valence-corrected chi connectivity index (χ1v) is 10.2. The Morgan fingerprint density at radius 2 is 2.00 bits per heavy atom. The lowest BCUT2D eigenvalue weighted by molar-refractivity contribution is -0.147. The van der Waals surface area contributed by atoms with E-state index in [9.17, 15) is 14.4 Å². The van der Waals surface area contributed by atoms with Crippen molar-refractivity contribution in [3.05, 3.63) is 41.6 Å². The molecule has 2 heterocycles. The van der Waals surface area contributed by atoms with Crippen molar-refractivity contribution in [2.24, 2.45) is 0 Å². The number of hydrogen-bond acceptors (Lipinski definition) is 4. The van der Waals surface area contributed by atoms with Gasteiger partial charge in [0.05, 0.1) is 18.6 Å². The monoisotopic (exact) mass is 414 g/mol. The molecule has 2 aliphatic rings. The average molecular weight is 415 g/mol. The van der Waals surface area contributed by atoms with Crippen LogP contribution in [0.15, 0.2) is 30.5 Å². The molecule has 8 nitrogen and oxygen atoms in total. The van der Waals surface area contributed by atoms with Crippen LogP contribution in [0.4, 0.5) is 4.79 Å². The van der Waals surface area contributed by atoms with Gasteiger partial charge in [-0.2, -0.15) is 0 Å². The standard InChI is InChI=1S/C22H30N4O4/c1-14(2)30-18-12-26(13-18)20(27)9-15-6-5-7-16(8-15)17-10-19(24-22(29)23-3)21(28)25(4)11-17/h5-8,11,14,18-19H,9-10,12-13H2,1-4H3,(H2,23,24,29). The number of amides is 4. The molecule has 1 atom stereocenters. The van der Waals surface area contributed by atoms with E-state index in [0.717, 1.165) is 16.7 Å². The summed E-state index contributed by atoms with van der Waals surface area (Å²) >= 11 is 0. The summed E-state index contributed by atoms with van der Waals surface area (Å²) in [6, 6.07) is 6.76. The maximum absolute atomic E-state index is 12.6. The highest BCUT2D eigenvalue weighted by molar-refractivity contribution is 5.92. The van der Waals surface area contributed by atoms with E-state index in [4.69, 9.17) is 4.74 Å². The van der Waals surface area contributed by atoms with Crippen molar-refractivity contribution in [1.82, 2.24) is 20.4 Å². The summed E-state index contributed by atoms with van der Waals surface area (Å²) in [4.78, 5) is 39.9. The Hall–Kier alpha value is -2.87. The van der Waals surface area contributed by atoms with Gasteiger partial charge in [0.1, 0.15) is 6.04 Å². The third-order valence-electron chi connectivity index (χ3n) is 5.27. The van der Waals surface area contributed by atoms with Crippen molar-refractivity contribution in [1.29, 1.82) is 0 Å². The molecule has 4 amide bonds. The number of hydrogen-bond donors (Lipinski definition) is 2. The number of likely N-dealkylation sites (tertiary alicyclic amines) is 1. The fraction of sp³-hybridized carbons (Fsp3) is 0.500. The Bertz CT molecular complexity index is 845. The van der Waals surface area contributed by atoms with Gasteiger partial charge >= 0.3 is 6.03 Å². The molecule has 1 aromatic carbocycles. The molecule has 1 saturated heterocycles. The first-order valence-electron chi connectivity index (χ1n) is 10.2. The molecule has 1 fully saturated rings. The number of urea groups is 1. The predicted octanol–water partition coefficient (Wildman–Crippen LogP) is 1.37. The van der Waals surface area contributed by atoms with Crippen molar-refractivity contribution in [3.63, 3.8) is 0 Å². The SMILES string of the molecule is CNC(=O)NC1CC(c2cccc(CC(=O)N3CC(OC(C)C)C3)c2)=CN(C)C1=O. The van der Waals surface area contributed by atoms with Crippen molar-refractivity contribution >= 4 is 23.4 Å². The van der Waals surface area contributed by atoms with E-state index in [1.54, 1.807) is 13.2 Å². The van der Waals surface area contributed by atoms with E-state index >= 15 is 0 Å². The minimum Gasteiger partial charge on any atom is -0.372 e. The number of nitrogens with zero attached hydrogens (tertiary/aromatic N) is 2. The lowest BCUT2D eigenvalue weighted by atomic mass is 9.94. The Kier molecular flexibility index (Phi) is 6.77. The Labute approximate surface area is 177 Å². The average Bonchev–Trinajstić information content (AvgIpc) is 2.67. The summed E-state index contributed by atoms with van der Waals surface area (Å²) in [5.41, 5.74) is 2.79. The minimum absolute atomic E-state index is 0.0832. The van der Waals surface area contributed by atoms with Gasteiger partial charge in [0.25, 0.3) is 0 Å². The molecule has 0 aliphatic carbocycles. The lowest BCUT2D eigenvalue weighted by Gasteiger charge is -2.40. The third kappa shape index (κ3) is 5.18. The molecule has 2 N–H and O–H groups in total. The molecule has 162 valence electrons. The molecule has 2 aliphatic heterocycles. The van der Waals surface area contributed by atoms with Gasteiger partial charge in [0.2, 0.25) is 11.8 Å². The van der Waals surface area contributed by atoms with Crippen LogP contribution in [0.1, 0.15) is 31.4 Å². The summed E-state index contributed by atoms with van der Waals surface area (Å²) in [6.45, 7) is 5.27. The molecular formula is C22H30N4O4. The predicted molar refractivity (Wildman–Crippen MR) is 113 cm³/mol. The second-order valence-electron chi connectivity index (χ2n) is 8.07. The first kappa shape index (κ1) is 21.8. The number of ether oxygens (including phenoxy) is 1. The van der Waals surface area contributed by atoms with Gasteiger partial charge in [-0.3, -0.25) is 9.59 Å². The number of rotatable bonds is 6. The highest BCUT2D eigenvalue weighted by Crippen LogP contribution is 2.26. The zero-order chi connectivity index (χ0) is 21.8. The van der Waals surface area contributed by atoms with Crippen LogP contribution in [-0.4, -0.2) is 73.1 Å². The smallest absolute Gasteiger partial charge is 0.315 e. The number of benzene rings is 1. The van der Waals surface area contributed by atoms with E-state index in [1.165, 1.54) is 11.9 Å². The fourth-order valence-corrected chi connectivity index (χ4v) is 3.72. The van der Waals surface area contributed by atoms with Crippen LogP contribution < -0.4 is 10.6 Å². The zero-order valence-corrected chi connectivity index (χ0v) is 18.0. The molecule has 0 radical (unpaired) electrons. The summed E-state index contributed by atoms with van der Waals surface area (Å²) in [7, 11) is 3.19. The van der Waals surface area contributed by atoms with E-state index in [1.807, 2.05) is 43.0 Å². The van der Waals surface area contributed by atoms with Crippen LogP contribution in [0.3, 0.4) is 0 Å². The number of carbonyl (C=O) groups is 3. The van der Waals surface area contributed by atoms with Gasteiger partial charge in [-0.05, 0) is 30.5 Å².